The van der Waals surface area contributed by atoms with Crippen molar-refractivity contribution in [2.45, 2.75) is 32.1 Å². The third-order valence-electron chi connectivity index (χ3n) is 3.38. The Morgan fingerprint density at radius 3 is 2.72 bits per heavy atom. The average molecular weight is 266 g/mol. The van der Waals surface area contributed by atoms with Crippen LogP contribution in [0.1, 0.15) is 42.6 Å². The summed E-state index contributed by atoms with van der Waals surface area (Å²) in [6.07, 6.45) is 0. The summed E-state index contributed by atoms with van der Waals surface area (Å²) in [5, 5.41) is -0.544. The van der Waals surface area contributed by atoms with Crippen molar-refractivity contribution in [3.63, 3.8) is 0 Å². The van der Waals surface area contributed by atoms with Crippen molar-refractivity contribution in [1.82, 2.24) is 0 Å². The van der Waals surface area contributed by atoms with Crippen molar-refractivity contribution in [3.8, 4) is 0 Å². The zero-order valence-corrected chi connectivity index (χ0v) is 11.5. The molecule has 4 heteroatoms. The van der Waals surface area contributed by atoms with Crippen molar-refractivity contribution in [1.29, 1.82) is 0 Å². The van der Waals surface area contributed by atoms with Crippen LogP contribution in [-0.4, -0.2) is 23.6 Å². The molecule has 0 spiro atoms. The number of hydrogen-bond donors (Lipinski definition) is 0. The molecule has 1 aliphatic rings. The Bertz CT molecular complexity index is 511. The molecule has 96 valence electrons. The second kappa shape index (κ2) is 4.73. The Balaban J connectivity index is 2.46. The Hall–Kier alpha value is -1.35. The van der Waals surface area contributed by atoms with Crippen LogP contribution in [0.3, 0.4) is 0 Å². The molecule has 0 N–H and O–H groups in total. The summed E-state index contributed by atoms with van der Waals surface area (Å²) in [7, 11) is 0. The molecule has 18 heavy (non-hydrogen) atoms. The minimum absolute atomic E-state index is 0.0935. The lowest BCUT2D eigenvalue weighted by Crippen LogP contribution is -2.27. The first-order valence-corrected chi connectivity index (χ1v) is 6.54. The van der Waals surface area contributed by atoms with E-state index in [1.165, 1.54) is 0 Å². The van der Waals surface area contributed by atoms with Gasteiger partial charge in [0.2, 0.25) is 5.91 Å². The second-order valence-corrected chi connectivity index (χ2v) is 5.21. The van der Waals surface area contributed by atoms with E-state index in [2.05, 4.69) is 0 Å². The molecular formula is C14H16ClNO2. The van der Waals surface area contributed by atoms with Crippen LogP contribution in [0.4, 0.5) is 5.69 Å². The van der Waals surface area contributed by atoms with Gasteiger partial charge in [0.1, 0.15) is 0 Å². The number of rotatable bonds is 3. The first-order chi connectivity index (χ1) is 8.47. The van der Waals surface area contributed by atoms with E-state index in [1.54, 1.807) is 24.0 Å². The molecule has 1 aliphatic heterocycles. The highest BCUT2D eigenvalue weighted by molar-refractivity contribution is 6.33. The molecule has 0 aliphatic carbocycles. The molecule has 0 saturated heterocycles. The van der Waals surface area contributed by atoms with Gasteiger partial charge in [0, 0.05) is 17.8 Å². The molecule has 1 amide bonds. The number of ketones is 1. The van der Waals surface area contributed by atoms with E-state index in [1.807, 2.05) is 19.9 Å². The Labute approximate surface area is 112 Å². The molecule has 2 rings (SSSR count). The lowest BCUT2D eigenvalue weighted by atomic mass is 9.98. The maximum atomic E-state index is 12.0. The Morgan fingerprint density at radius 2 is 2.17 bits per heavy atom. The average Bonchev–Trinajstić information content (AvgIpc) is 2.60. The number of Topliss-reactive ketones (excluding diaryl/α,β-unsaturated/α-hetero) is 1. The highest BCUT2D eigenvalue weighted by Crippen LogP contribution is 2.37. The fourth-order valence-corrected chi connectivity index (χ4v) is 2.47. The molecule has 1 aromatic carbocycles. The van der Waals surface area contributed by atoms with Crippen LogP contribution in [0.5, 0.6) is 0 Å². The standard InChI is InChI=1S/C14H16ClNO2/c1-4-16-12-6-5-10(13(17)9(3)15)7-11(12)8(2)14(16)18/h5-9H,4H2,1-3H3. The third kappa shape index (κ3) is 1.93. The van der Waals surface area contributed by atoms with Gasteiger partial charge >= 0.3 is 0 Å². The fourth-order valence-electron chi connectivity index (χ4n) is 2.34. The van der Waals surface area contributed by atoms with E-state index in [0.717, 1.165) is 11.3 Å². The van der Waals surface area contributed by atoms with Crippen LogP contribution in [0.15, 0.2) is 18.2 Å². The van der Waals surface area contributed by atoms with Crippen LogP contribution in [-0.2, 0) is 4.79 Å². The molecule has 2 atom stereocenters. The van der Waals surface area contributed by atoms with Crippen LogP contribution in [0.25, 0.3) is 0 Å². The maximum absolute atomic E-state index is 12.0. The van der Waals surface area contributed by atoms with Gasteiger partial charge in [-0.15, -0.1) is 11.6 Å². The number of carbonyl (C=O) groups excluding carboxylic acids is 2. The highest BCUT2D eigenvalue weighted by Gasteiger charge is 2.33. The molecule has 0 saturated carbocycles. The number of fused-ring (bicyclic) bond motifs is 1. The number of halogens is 1. The Kier molecular flexibility index (Phi) is 3.44. The first-order valence-electron chi connectivity index (χ1n) is 6.11. The highest BCUT2D eigenvalue weighted by atomic mass is 35.5. The first kappa shape index (κ1) is 13.1. The Morgan fingerprint density at radius 1 is 1.50 bits per heavy atom. The van der Waals surface area contributed by atoms with Gasteiger partial charge < -0.3 is 4.90 Å². The summed E-state index contributed by atoms with van der Waals surface area (Å²) in [6.45, 7) is 6.12. The van der Waals surface area contributed by atoms with E-state index in [0.29, 0.717) is 12.1 Å². The predicted molar refractivity (Wildman–Crippen MR) is 72.5 cm³/mol. The van der Waals surface area contributed by atoms with E-state index >= 15 is 0 Å². The van der Waals surface area contributed by atoms with Gasteiger partial charge in [-0.2, -0.15) is 0 Å². The molecular weight excluding hydrogens is 250 g/mol. The monoisotopic (exact) mass is 265 g/mol. The number of benzene rings is 1. The smallest absolute Gasteiger partial charge is 0.234 e. The largest absolute Gasteiger partial charge is 0.312 e. The van der Waals surface area contributed by atoms with Gasteiger partial charge in [-0.1, -0.05) is 0 Å². The van der Waals surface area contributed by atoms with Gasteiger partial charge in [0.25, 0.3) is 0 Å². The number of hydrogen-bond acceptors (Lipinski definition) is 2. The summed E-state index contributed by atoms with van der Waals surface area (Å²) in [5.41, 5.74) is 2.41. The van der Waals surface area contributed by atoms with E-state index in [4.69, 9.17) is 11.6 Å². The predicted octanol–water partition coefficient (Wildman–Crippen LogP) is 2.97. The number of alkyl halides is 1. The van der Waals surface area contributed by atoms with E-state index in [9.17, 15) is 9.59 Å². The van der Waals surface area contributed by atoms with Crippen molar-refractivity contribution in [2.24, 2.45) is 0 Å². The summed E-state index contributed by atoms with van der Waals surface area (Å²) in [6, 6.07) is 5.38. The number of likely N-dealkylation sites (N-methyl/N-ethyl adjacent to an activating group) is 1. The zero-order chi connectivity index (χ0) is 13.4. The van der Waals surface area contributed by atoms with Crippen molar-refractivity contribution in [3.05, 3.63) is 29.3 Å². The molecule has 1 aromatic rings. The van der Waals surface area contributed by atoms with Crippen LogP contribution in [0, 0.1) is 0 Å². The molecule has 2 unspecified atom stereocenters. The lowest BCUT2D eigenvalue weighted by molar-refractivity contribution is -0.118. The van der Waals surface area contributed by atoms with E-state index in [-0.39, 0.29) is 17.6 Å². The summed E-state index contributed by atoms with van der Waals surface area (Å²) < 4.78 is 0. The number of nitrogens with zero attached hydrogens (tertiary/aromatic N) is 1. The van der Waals surface area contributed by atoms with Gasteiger partial charge in [-0.25, -0.2) is 0 Å². The molecule has 0 aromatic heterocycles. The summed E-state index contributed by atoms with van der Waals surface area (Å²) in [5.74, 6) is -0.191. The number of amides is 1. The van der Waals surface area contributed by atoms with Crippen molar-refractivity contribution < 1.29 is 9.59 Å². The fraction of sp³-hybridized carbons (Fsp3) is 0.429. The second-order valence-electron chi connectivity index (χ2n) is 4.56. The molecule has 0 fully saturated rings. The minimum atomic E-state index is -0.544. The maximum Gasteiger partial charge on any atom is 0.234 e. The number of anilines is 1. The zero-order valence-electron chi connectivity index (χ0n) is 10.7. The topological polar surface area (TPSA) is 37.4 Å². The third-order valence-corrected chi connectivity index (χ3v) is 3.58. The normalized spacial score (nSPS) is 19.9. The molecule has 0 radical (unpaired) electrons. The van der Waals surface area contributed by atoms with Crippen LogP contribution < -0.4 is 4.90 Å². The molecule has 1 heterocycles. The molecule has 3 nitrogen and oxygen atoms in total. The van der Waals surface area contributed by atoms with Crippen LogP contribution in [0.2, 0.25) is 0 Å². The molecule has 0 bridgehead atoms. The summed E-state index contributed by atoms with van der Waals surface area (Å²) >= 11 is 5.81. The van der Waals surface area contributed by atoms with Crippen molar-refractivity contribution in [2.75, 3.05) is 11.4 Å². The van der Waals surface area contributed by atoms with Crippen LogP contribution >= 0.6 is 11.6 Å². The number of carbonyl (C=O) groups is 2. The quantitative estimate of drug-likeness (QED) is 0.622. The lowest BCUT2D eigenvalue weighted by Gasteiger charge is -2.14. The summed E-state index contributed by atoms with van der Waals surface area (Å²) in [4.78, 5) is 25.6. The minimum Gasteiger partial charge on any atom is -0.312 e. The van der Waals surface area contributed by atoms with Gasteiger partial charge in [0.05, 0.1) is 11.3 Å². The van der Waals surface area contributed by atoms with Crippen molar-refractivity contribution >= 4 is 29.0 Å². The SMILES string of the molecule is CCN1C(=O)C(C)c2cc(C(=O)C(C)Cl)ccc21. The van der Waals surface area contributed by atoms with Gasteiger partial charge in [-0.05, 0) is 44.5 Å². The van der Waals surface area contributed by atoms with Gasteiger partial charge in [-0.3, -0.25) is 9.59 Å². The van der Waals surface area contributed by atoms with E-state index < -0.39 is 5.38 Å². The van der Waals surface area contributed by atoms with Gasteiger partial charge in [0.15, 0.2) is 5.78 Å².